The van der Waals surface area contributed by atoms with Gasteiger partial charge in [-0.25, -0.2) is 18.2 Å². The van der Waals surface area contributed by atoms with Gasteiger partial charge < -0.3 is 15.2 Å². The van der Waals surface area contributed by atoms with Crippen molar-refractivity contribution in [2.45, 2.75) is 19.0 Å². The molecule has 1 fully saturated rings. The maximum Gasteiger partial charge on any atom is 0.338 e. The third kappa shape index (κ3) is 5.73. The second-order valence-electron chi connectivity index (χ2n) is 8.06. The van der Waals surface area contributed by atoms with Crippen LogP contribution >= 0.6 is 34.5 Å². The third-order valence-electron chi connectivity index (χ3n) is 5.70. The van der Waals surface area contributed by atoms with Gasteiger partial charge in [0.15, 0.2) is 20.7 Å². The van der Waals surface area contributed by atoms with Gasteiger partial charge in [-0.1, -0.05) is 29.3 Å². The highest BCUT2D eigenvalue weighted by molar-refractivity contribution is 7.91. The van der Waals surface area contributed by atoms with E-state index in [4.69, 9.17) is 32.9 Å². The number of aliphatic carboxylic acids is 1. The topological polar surface area (TPSA) is 138 Å². The van der Waals surface area contributed by atoms with E-state index in [9.17, 15) is 23.1 Å². The van der Waals surface area contributed by atoms with Gasteiger partial charge in [-0.05, 0) is 19.1 Å². The molecular weight excluding hydrogens is 551 g/mol. The summed E-state index contributed by atoms with van der Waals surface area (Å²) >= 11 is 13.9. The number of aromatic nitrogens is 1. The van der Waals surface area contributed by atoms with Crippen LogP contribution in [0.3, 0.4) is 0 Å². The number of hydrogen-bond donors (Lipinski definition) is 2. The molecule has 1 aromatic carbocycles. The van der Waals surface area contributed by atoms with E-state index in [1.807, 2.05) is 0 Å². The normalized spacial score (nSPS) is 22.0. The molecule has 2 aliphatic rings. The molecule has 0 amide bonds. The monoisotopic (exact) mass is 572 g/mol. The fourth-order valence-electron chi connectivity index (χ4n) is 4.03. The molecule has 2 N–H and O–H groups in total. The number of esters is 1. The molecular formula is C22H22Cl2N4O6S2. The molecule has 2 atom stereocenters. The van der Waals surface area contributed by atoms with E-state index in [0.29, 0.717) is 27.1 Å². The molecule has 4 rings (SSSR count). The van der Waals surface area contributed by atoms with Crippen LogP contribution in [0.5, 0.6) is 0 Å². The maximum absolute atomic E-state index is 13.2. The lowest BCUT2D eigenvalue weighted by atomic mass is 9.95. The molecule has 1 aromatic heterocycles. The zero-order chi connectivity index (χ0) is 26.0. The fourth-order valence-corrected chi connectivity index (χ4v) is 6.64. The summed E-state index contributed by atoms with van der Waals surface area (Å²) in [6.45, 7) is 1.68. The van der Waals surface area contributed by atoms with Crippen LogP contribution in [0.4, 0.5) is 0 Å². The summed E-state index contributed by atoms with van der Waals surface area (Å²) in [7, 11) is -3.51. The van der Waals surface area contributed by atoms with Crippen molar-refractivity contribution in [2.24, 2.45) is 4.99 Å². The molecule has 10 nitrogen and oxygen atoms in total. The number of nitrogens with one attached hydrogen (secondary N) is 1. The SMILES string of the molecule is CCOC(=O)C1=C(CN2CCS(=O)(=O)C[C@H]2C(=O)O)NC(c2nccs2)=N[C@H]1c1ccc(Cl)cc1Cl. The largest absolute Gasteiger partial charge is 0.480 e. The number of benzene rings is 1. The van der Waals surface area contributed by atoms with Crippen molar-refractivity contribution in [3.05, 3.63) is 61.7 Å². The number of hydrogen-bond acceptors (Lipinski definition) is 10. The van der Waals surface area contributed by atoms with E-state index in [1.54, 1.807) is 30.6 Å². The first-order chi connectivity index (χ1) is 17.1. The Kier molecular flexibility index (Phi) is 8.00. The zero-order valence-corrected chi connectivity index (χ0v) is 22.1. The number of carbonyl (C=O) groups is 2. The molecule has 0 spiro atoms. The number of ether oxygens (including phenoxy) is 1. The Hall–Kier alpha value is -2.51. The molecule has 14 heteroatoms. The van der Waals surface area contributed by atoms with Crippen LogP contribution in [0.2, 0.25) is 10.0 Å². The standard InChI is InChI=1S/C22H22Cl2N4O6S2/c1-2-34-22(31)17-15(10-28-6-8-36(32,33)11-16(28)21(29)30)26-19(20-25-5-7-35-20)27-18(17)13-4-3-12(23)9-14(13)24/h3-5,7,9,16,18H,2,6,8,10-11H2,1H3,(H,26,27)(H,29,30)/t16-,18-/m0/s1. The minimum Gasteiger partial charge on any atom is -0.480 e. The highest BCUT2D eigenvalue weighted by Crippen LogP contribution is 2.37. The van der Waals surface area contributed by atoms with Crippen LogP contribution in [0.25, 0.3) is 0 Å². The van der Waals surface area contributed by atoms with Crippen molar-refractivity contribution in [1.82, 2.24) is 15.2 Å². The highest BCUT2D eigenvalue weighted by atomic mass is 35.5. The summed E-state index contributed by atoms with van der Waals surface area (Å²) in [4.78, 5) is 35.7. The quantitative estimate of drug-likeness (QED) is 0.479. The highest BCUT2D eigenvalue weighted by Gasteiger charge is 2.39. The number of amidine groups is 1. The summed E-state index contributed by atoms with van der Waals surface area (Å²) in [5.74, 6) is -2.28. The first-order valence-electron chi connectivity index (χ1n) is 10.9. The Bertz CT molecular complexity index is 1340. The van der Waals surface area contributed by atoms with E-state index in [2.05, 4.69) is 10.3 Å². The predicted molar refractivity (Wildman–Crippen MR) is 136 cm³/mol. The average Bonchev–Trinajstić information content (AvgIpc) is 3.35. The van der Waals surface area contributed by atoms with Gasteiger partial charge in [0.2, 0.25) is 0 Å². The second kappa shape index (κ2) is 10.9. The van der Waals surface area contributed by atoms with Crippen LogP contribution in [0, 0.1) is 0 Å². The molecule has 1 saturated heterocycles. The number of sulfone groups is 1. The average molecular weight is 573 g/mol. The Morgan fingerprint density at radius 1 is 1.33 bits per heavy atom. The van der Waals surface area contributed by atoms with Crippen molar-refractivity contribution in [2.75, 3.05) is 31.2 Å². The number of carboxylic acids is 1. The lowest BCUT2D eigenvalue weighted by Gasteiger charge is -2.35. The molecule has 0 aliphatic carbocycles. The molecule has 2 aromatic rings. The van der Waals surface area contributed by atoms with Crippen LogP contribution in [-0.2, 0) is 24.2 Å². The zero-order valence-electron chi connectivity index (χ0n) is 19.0. The summed E-state index contributed by atoms with van der Waals surface area (Å²) in [5.41, 5.74) is 0.961. The lowest BCUT2D eigenvalue weighted by Crippen LogP contribution is -2.54. The summed E-state index contributed by atoms with van der Waals surface area (Å²) < 4.78 is 29.6. The van der Waals surface area contributed by atoms with Gasteiger partial charge in [0.25, 0.3) is 0 Å². The van der Waals surface area contributed by atoms with Crippen LogP contribution in [0.1, 0.15) is 23.5 Å². The Morgan fingerprint density at radius 2 is 2.11 bits per heavy atom. The summed E-state index contributed by atoms with van der Waals surface area (Å²) in [6, 6.07) is 2.65. The lowest BCUT2D eigenvalue weighted by molar-refractivity contribution is -0.142. The van der Waals surface area contributed by atoms with E-state index in [1.165, 1.54) is 22.3 Å². The minimum absolute atomic E-state index is 0.0172. The number of thiazole rings is 1. The van der Waals surface area contributed by atoms with E-state index < -0.39 is 39.6 Å². The number of aliphatic imine (C=N–C) groups is 1. The van der Waals surface area contributed by atoms with Crippen LogP contribution in [0.15, 0.2) is 46.0 Å². The summed E-state index contributed by atoms with van der Waals surface area (Å²) in [6.07, 6.45) is 1.61. The number of carbonyl (C=O) groups excluding carboxylic acids is 1. The van der Waals surface area contributed by atoms with Crippen molar-refractivity contribution in [3.8, 4) is 0 Å². The van der Waals surface area contributed by atoms with Gasteiger partial charge in [0.1, 0.15) is 12.1 Å². The van der Waals surface area contributed by atoms with Gasteiger partial charge in [0, 0.05) is 46.0 Å². The number of halogens is 2. The smallest absolute Gasteiger partial charge is 0.338 e. The Labute approximate surface area is 221 Å². The summed E-state index contributed by atoms with van der Waals surface area (Å²) in [5, 5.41) is 15.9. The number of rotatable bonds is 7. The van der Waals surface area contributed by atoms with Crippen LogP contribution in [-0.4, -0.2) is 78.4 Å². The Morgan fingerprint density at radius 3 is 2.75 bits per heavy atom. The van der Waals surface area contributed by atoms with Gasteiger partial charge in [-0.2, -0.15) is 0 Å². The number of nitrogens with zero attached hydrogens (tertiary/aromatic N) is 3. The maximum atomic E-state index is 13.2. The van der Waals surface area contributed by atoms with E-state index in [-0.39, 0.29) is 36.0 Å². The van der Waals surface area contributed by atoms with Crippen molar-refractivity contribution in [1.29, 1.82) is 0 Å². The molecule has 3 heterocycles. The van der Waals surface area contributed by atoms with Crippen molar-refractivity contribution in [3.63, 3.8) is 0 Å². The molecule has 0 radical (unpaired) electrons. The first-order valence-corrected chi connectivity index (χ1v) is 14.3. The van der Waals surface area contributed by atoms with Gasteiger partial charge in [-0.3, -0.25) is 14.7 Å². The second-order valence-corrected chi connectivity index (χ2v) is 12.0. The first kappa shape index (κ1) is 26.6. The van der Waals surface area contributed by atoms with Gasteiger partial charge >= 0.3 is 11.9 Å². The molecule has 0 bridgehead atoms. The number of carboxylic acid groups (broad SMARTS) is 1. The van der Waals surface area contributed by atoms with E-state index in [0.717, 1.165) is 0 Å². The molecule has 36 heavy (non-hydrogen) atoms. The van der Waals surface area contributed by atoms with Crippen molar-refractivity contribution >= 4 is 62.2 Å². The fraction of sp³-hybridized carbons (Fsp3) is 0.364. The van der Waals surface area contributed by atoms with Gasteiger partial charge in [-0.15, -0.1) is 11.3 Å². The molecule has 2 aliphatic heterocycles. The van der Waals surface area contributed by atoms with Crippen molar-refractivity contribution < 1.29 is 27.9 Å². The van der Waals surface area contributed by atoms with Crippen LogP contribution < -0.4 is 5.32 Å². The minimum atomic E-state index is -3.51. The Balaban J connectivity index is 1.84. The predicted octanol–water partition coefficient (Wildman–Crippen LogP) is 2.54. The molecule has 0 saturated carbocycles. The van der Waals surface area contributed by atoms with Gasteiger partial charge in [0.05, 0.1) is 23.7 Å². The third-order valence-corrected chi connectivity index (χ3v) is 8.67. The molecule has 0 unspecified atom stereocenters. The van der Waals surface area contributed by atoms with E-state index >= 15 is 0 Å². The molecule has 192 valence electrons.